The molecule has 15 atom stereocenters. The number of hydrogen-bond donors (Lipinski definition) is 9. The van der Waals surface area contributed by atoms with Crippen molar-refractivity contribution in [2.75, 3.05) is 26.2 Å². The van der Waals surface area contributed by atoms with Crippen LogP contribution in [-0.4, -0.2) is 141 Å². The van der Waals surface area contributed by atoms with Crippen molar-refractivity contribution in [2.24, 2.45) is 99.8 Å². The summed E-state index contributed by atoms with van der Waals surface area (Å²) < 4.78 is 38.4. The van der Waals surface area contributed by atoms with Crippen LogP contribution in [0.4, 0.5) is 4.79 Å². The molecule has 105 heavy (non-hydrogen) atoms. The fourth-order valence-electron chi connectivity index (χ4n) is 16.4. The minimum atomic E-state index is -5.46. The Morgan fingerprint density at radius 1 is 0.810 bits per heavy atom. The summed E-state index contributed by atoms with van der Waals surface area (Å²) in [6.45, 7) is 24.3. The zero-order valence-corrected chi connectivity index (χ0v) is 63.3. The van der Waals surface area contributed by atoms with Gasteiger partial charge < -0.3 is 95.3 Å². The molecule has 6 aliphatic rings. The molecule has 1 aromatic carbocycles. The molecule has 2 aromatic rings. The minimum absolute atomic E-state index is 0. The number of unbranched alkanes of at least 4 members (excludes halogenated alkanes) is 3. The number of aliphatic hydroxyl groups is 1. The van der Waals surface area contributed by atoms with Crippen LogP contribution in [0.3, 0.4) is 0 Å². The molecule has 8 bridgehead atoms. The number of benzene rings is 1. The average Bonchev–Trinajstić information content (AvgIpc) is 1.53. The molecular weight excluding hydrogens is 1420 g/mol. The maximum Gasteiger partial charge on any atom is 3.00 e. The summed E-state index contributed by atoms with van der Waals surface area (Å²) in [6.07, 6.45) is -3.51. The van der Waals surface area contributed by atoms with Gasteiger partial charge in [-0.25, -0.2) is 9.78 Å². The van der Waals surface area contributed by atoms with E-state index >= 15 is 0 Å². The van der Waals surface area contributed by atoms with Gasteiger partial charge in [0, 0.05) is 126 Å². The van der Waals surface area contributed by atoms with E-state index in [-0.39, 0.29) is 94.0 Å². The quantitative estimate of drug-likeness (QED) is 0.00966. The van der Waals surface area contributed by atoms with Gasteiger partial charge in [0.2, 0.25) is 41.4 Å². The summed E-state index contributed by atoms with van der Waals surface area (Å²) in [6, 6.07) is 2.60. The van der Waals surface area contributed by atoms with Crippen LogP contribution < -0.4 is 49.9 Å². The van der Waals surface area contributed by atoms with E-state index in [4.69, 9.17) is 90.6 Å². The summed E-state index contributed by atoms with van der Waals surface area (Å²) in [4.78, 5) is 145. The number of primary amides is 6. The van der Waals surface area contributed by atoms with Gasteiger partial charge in [-0.1, -0.05) is 58.6 Å². The smallest absolute Gasteiger partial charge is 0.756 e. The van der Waals surface area contributed by atoms with Gasteiger partial charge in [0.15, 0.2) is 6.23 Å². The number of alkyl carbamates (subject to hydrolysis) is 1. The van der Waals surface area contributed by atoms with Crippen LogP contribution >= 0.6 is 7.82 Å². The number of nitrogens with one attached hydrogen (secondary N) is 2. The van der Waals surface area contributed by atoms with Gasteiger partial charge in [0.1, 0.15) is 24.9 Å². The summed E-state index contributed by atoms with van der Waals surface area (Å²) >= 11 is 0. The third-order valence-electron chi connectivity index (χ3n) is 22.2. The monoisotopic (exact) mass is 1520 g/mol. The zero-order chi connectivity index (χ0) is 77.4. The van der Waals surface area contributed by atoms with Gasteiger partial charge in [-0.15, -0.1) is 0 Å². The van der Waals surface area contributed by atoms with E-state index in [1.165, 1.54) is 17.8 Å². The van der Waals surface area contributed by atoms with Crippen molar-refractivity contribution in [1.29, 1.82) is 5.26 Å². The molecule has 33 nitrogen and oxygen atoms in total. The number of rotatable bonds is 34. The van der Waals surface area contributed by atoms with Gasteiger partial charge in [-0.2, -0.15) is 5.70 Å². The Morgan fingerprint density at radius 3 is 2.03 bits per heavy atom. The maximum atomic E-state index is 14.6. The van der Waals surface area contributed by atoms with E-state index < -0.39 is 156 Å². The number of fused-ring (bicyclic) bond motifs is 7. The molecule has 35 heteroatoms. The molecule has 1 aromatic heterocycles. The number of azide groups is 1. The molecule has 6 aliphatic heterocycles. The Hall–Kier alpha value is -8.38. The number of imidazole rings is 1. The van der Waals surface area contributed by atoms with Crippen LogP contribution in [0.5, 0.6) is 0 Å². The van der Waals surface area contributed by atoms with Crippen molar-refractivity contribution in [2.45, 2.75) is 215 Å². The number of aryl methyl sites for hydroxylation is 2. The largest absolute Gasteiger partial charge is 3.00 e. The summed E-state index contributed by atoms with van der Waals surface area (Å²) in [7, 11) is -5.46. The van der Waals surface area contributed by atoms with Crippen LogP contribution in [0.25, 0.3) is 26.8 Å². The number of nitrogens with two attached hydrogens (primary N) is 6. The fourth-order valence-corrected chi connectivity index (χ4v) is 17.5. The number of amides is 8. The Bertz CT molecular complexity index is 4010. The summed E-state index contributed by atoms with van der Waals surface area (Å²) in [5.74, 6) is -7.59. The van der Waals surface area contributed by atoms with Crippen LogP contribution in [0.1, 0.15) is 176 Å². The third kappa shape index (κ3) is 18.7. The van der Waals surface area contributed by atoms with Crippen molar-refractivity contribution in [3.63, 3.8) is 0 Å². The van der Waals surface area contributed by atoms with E-state index in [0.29, 0.717) is 75.8 Å². The Morgan fingerprint density at radius 2 is 1.42 bits per heavy atom. The van der Waals surface area contributed by atoms with Gasteiger partial charge in [-0.05, 0) is 137 Å². The molecule has 8 amide bonds. The van der Waals surface area contributed by atoms with E-state index in [0.717, 1.165) is 24.0 Å². The average molecular weight is 1520 g/mol. The minimum Gasteiger partial charge on any atom is -0.756 e. The first-order chi connectivity index (χ1) is 48.7. The maximum absolute atomic E-state index is 14.6. The number of aliphatic hydroxyl groups excluding tert-OH is 1. The predicted molar refractivity (Wildman–Crippen MR) is 381 cm³/mol. The van der Waals surface area contributed by atoms with Gasteiger partial charge in [0.05, 0.1) is 34.7 Å². The van der Waals surface area contributed by atoms with Gasteiger partial charge in [-0.3, -0.25) is 53.1 Å². The van der Waals surface area contributed by atoms with E-state index in [2.05, 4.69) is 25.6 Å². The Kier molecular flexibility index (Phi) is 28.4. The number of allylic oxidation sites excluding steroid dienone is 6. The van der Waals surface area contributed by atoms with E-state index in [1.54, 1.807) is 13.8 Å². The van der Waals surface area contributed by atoms with Crippen LogP contribution in [-0.2, 0) is 73.4 Å². The molecule has 8 rings (SSSR count). The summed E-state index contributed by atoms with van der Waals surface area (Å²) in [5, 5.41) is 32.7. The standard InChI is InChI=1S/C69H102N17O15P.CN.Co/c1-35-26-45-46(27-36(35)2)86(34-79-45)63-58(94)59(47(99-63)33-98-64(95)77-24-14-12-13-15-25-80-85-76)101-102(96,97)100-37(3)32-78-55(93)22-23-66(8)43(28-52(73)90)62-69(11)68(10,31-54(75)92)42(18-21-51(72)89)57(84-69)39(5)61-67(9,30-53(74)91)40(16-19-49(70)87)44(81-61)29-48-65(6,7)41(17-20-50(71)88)56(82-48)38(4)60(66)83-62;1-2;/h26-27,29,34,37,40-43,47,58-59,62-63,94H,12-25,28,30-33H2,1-11H3,(H16,70,71,72,73,74,75,77,78,81,82,83,84,87,88,89,90,91,92,93,95,96,97);;/q;-1;+3/p-2/t37-,40-,41-,42-,43+,47-,58-,59-,62-,63+,66-,67+,68+,69+;;/m1../s1. The first-order valence-electron chi connectivity index (χ1n) is 34.9. The molecule has 0 spiro atoms. The normalized spacial score (nSPS) is 30.5. The predicted octanol–water partition coefficient (Wildman–Crippen LogP) is 6.01. The van der Waals surface area contributed by atoms with Crippen molar-refractivity contribution in [1.82, 2.24) is 20.2 Å². The van der Waals surface area contributed by atoms with Crippen LogP contribution in [0.2, 0.25) is 0 Å². The number of carbonyl (C=O) groups is 8. The molecular formula is C70H100CoN18O15P. The molecule has 0 aliphatic carbocycles. The van der Waals surface area contributed by atoms with Crippen molar-refractivity contribution < 1.29 is 88.2 Å². The molecule has 0 saturated carbocycles. The third-order valence-corrected chi connectivity index (χ3v) is 23.3. The topological polar surface area (TPSA) is 556 Å². The molecule has 15 N–H and O–H groups in total. The SMILES string of the molecule is C/C1=C2/[N-][C@H]([C@H](CC(N)=O)[C@@]2(C)CCC(=O)NC[C@@H](C)OP(=O)([O-])O[C@H]2[C@@H](O)[C@@H](n3cnc4cc(C)c(C)cc43)O[C@@H]2COC(=O)NCCCCCCN=[N+]=[N-])[C@]2(C)N=C(/C(C)=C3N=C(/C=C4N=C1[C@@H](CCC(N)=O)C\4(C)C)[C@@H](CCC(N)=O)[C@]\3(C)CC(N)=O)[C@@H](CCC(N)=O)[C@]2(C)CC(N)=O.[C-]#N.[Co+3]. The molecule has 2 saturated heterocycles. The van der Waals surface area contributed by atoms with Crippen LogP contribution in [0.15, 0.2) is 72.9 Å². The van der Waals surface area contributed by atoms with Gasteiger partial charge >= 0.3 is 22.9 Å². The first-order valence-corrected chi connectivity index (χ1v) is 36.4. The molecule has 7 heterocycles. The Balaban J connectivity index is 0.00000571. The zero-order valence-electron chi connectivity index (χ0n) is 61.4. The number of phosphoric ester groups is 1. The summed E-state index contributed by atoms with van der Waals surface area (Å²) in [5.41, 5.74) is 45.0. The number of aromatic nitrogens is 2. The van der Waals surface area contributed by atoms with E-state index in [9.17, 15) is 52.9 Å². The number of carbonyl (C=O) groups excluding carboxylic acids is 8. The number of phosphoric acid groups is 1. The first kappa shape index (κ1) is 85.5. The van der Waals surface area contributed by atoms with Gasteiger partial charge in [0.25, 0.3) is 7.82 Å². The molecule has 2 fully saturated rings. The Labute approximate surface area is 621 Å². The molecule has 1 unspecified atom stereocenters. The number of ether oxygens (including phenoxy) is 2. The number of nitrogens with zero attached hydrogens (tertiary/aromatic N) is 10. The van der Waals surface area contributed by atoms with Crippen molar-refractivity contribution >= 4 is 83.4 Å². The second-order valence-electron chi connectivity index (χ2n) is 29.7. The second kappa shape index (κ2) is 34.9. The molecule has 574 valence electrons. The number of hydrogen-bond acceptors (Lipinski definition) is 21. The molecule has 0 radical (unpaired) electrons. The van der Waals surface area contributed by atoms with Crippen molar-refractivity contribution in [3.05, 3.63) is 86.2 Å². The fraction of sp³-hybridized carbons (Fsp3) is 0.643. The number of aliphatic imine (C=N–C) groups is 3. The van der Waals surface area contributed by atoms with Crippen LogP contribution in [0, 0.1) is 71.0 Å². The second-order valence-corrected chi connectivity index (χ2v) is 31.0. The van der Waals surface area contributed by atoms with E-state index in [1.807, 2.05) is 73.6 Å². The van der Waals surface area contributed by atoms with Crippen molar-refractivity contribution in [3.8, 4) is 0 Å².